The Bertz CT molecular complexity index is 1650. The van der Waals surface area contributed by atoms with Gasteiger partial charge < -0.3 is 14.8 Å². The Morgan fingerprint density at radius 3 is 2.52 bits per heavy atom. The summed E-state index contributed by atoms with van der Waals surface area (Å²) in [4.78, 5) is 33.4. The number of hydrogen-bond acceptors (Lipinski definition) is 6. The van der Waals surface area contributed by atoms with Crippen LogP contribution in [0, 0.1) is 0 Å². The van der Waals surface area contributed by atoms with Crippen LogP contribution in [0.5, 0.6) is 5.75 Å². The van der Waals surface area contributed by atoms with E-state index in [1.165, 1.54) is 24.8 Å². The lowest BCUT2D eigenvalue weighted by Gasteiger charge is -2.26. The zero-order valence-electron chi connectivity index (χ0n) is 24.2. The highest BCUT2D eigenvalue weighted by Crippen LogP contribution is 2.42. The van der Waals surface area contributed by atoms with Crippen LogP contribution in [0.25, 0.3) is 22.2 Å². The number of nitrogens with one attached hydrogen (secondary N) is 1. The predicted octanol–water partition coefficient (Wildman–Crippen LogP) is 6.95. The van der Waals surface area contributed by atoms with Gasteiger partial charge >= 0.3 is 6.09 Å². The maximum atomic E-state index is 13.7. The van der Waals surface area contributed by atoms with E-state index < -0.39 is 11.7 Å². The summed E-state index contributed by atoms with van der Waals surface area (Å²) in [5.74, 6) is 0.194. The summed E-state index contributed by atoms with van der Waals surface area (Å²) in [5.41, 5.74) is 4.31. The number of nitrogens with zero attached hydrogens (tertiary/aromatic N) is 3. The molecule has 0 saturated carbocycles. The molecule has 0 spiro atoms. The molecule has 6 rings (SSSR count). The first-order valence-corrected chi connectivity index (χ1v) is 14.8. The number of pyridine rings is 1. The average Bonchev–Trinajstić information content (AvgIpc) is 3.54. The van der Waals surface area contributed by atoms with Crippen LogP contribution in [0.3, 0.4) is 0 Å². The zero-order chi connectivity index (χ0) is 29.4. The summed E-state index contributed by atoms with van der Waals surface area (Å²) in [7, 11) is 0. The van der Waals surface area contributed by atoms with Gasteiger partial charge in [0.1, 0.15) is 18.0 Å². The summed E-state index contributed by atoms with van der Waals surface area (Å²) in [6.07, 6.45) is 6.61. The van der Waals surface area contributed by atoms with Gasteiger partial charge in [0, 0.05) is 42.0 Å². The van der Waals surface area contributed by atoms with Crippen LogP contribution in [0.2, 0.25) is 5.02 Å². The summed E-state index contributed by atoms with van der Waals surface area (Å²) < 4.78 is 13.6. The minimum absolute atomic E-state index is 0.241. The molecule has 9 heteroatoms. The van der Waals surface area contributed by atoms with Gasteiger partial charge in [-0.25, -0.2) is 9.36 Å². The van der Waals surface area contributed by atoms with Gasteiger partial charge in [0.25, 0.3) is 5.91 Å². The molecule has 0 atom stereocenters. The number of carbonyl (C=O) groups is 2. The number of aromatic nitrogens is 2. The smallest absolute Gasteiger partial charge is 0.419 e. The van der Waals surface area contributed by atoms with Crippen molar-refractivity contribution >= 4 is 34.5 Å². The molecule has 2 aliphatic heterocycles. The number of carbonyl (C=O) groups excluding carboxylic acids is 2. The third kappa shape index (κ3) is 5.74. The number of halogens is 1. The van der Waals surface area contributed by atoms with Crippen molar-refractivity contribution in [1.29, 1.82) is 0 Å². The highest BCUT2D eigenvalue weighted by molar-refractivity contribution is 6.34. The number of likely N-dealkylation sites (tertiary alicyclic amines) is 1. The number of fused-ring (bicyclic) bond motifs is 2. The second-order valence-electron chi connectivity index (χ2n) is 12.0. The lowest BCUT2D eigenvalue weighted by Crippen LogP contribution is -2.29. The van der Waals surface area contributed by atoms with Crippen molar-refractivity contribution in [2.45, 2.75) is 65.3 Å². The Kier molecular flexibility index (Phi) is 7.68. The maximum absolute atomic E-state index is 13.7. The fourth-order valence-corrected chi connectivity index (χ4v) is 6.03. The molecule has 2 aromatic heterocycles. The molecule has 1 saturated heterocycles. The van der Waals surface area contributed by atoms with Crippen molar-refractivity contribution in [2.24, 2.45) is 0 Å². The van der Waals surface area contributed by atoms with Crippen LogP contribution in [0.1, 0.15) is 67.1 Å². The molecule has 1 N–H and O–H groups in total. The molecule has 42 heavy (non-hydrogen) atoms. The Morgan fingerprint density at radius 2 is 1.79 bits per heavy atom. The van der Waals surface area contributed by atoms with Crippen molar-refractivity contribution in [1.82, 2.24) is 19.8 Å². The molecule has 4 heterocycles. The molecule has 1 fully saturated rings. The molecule has 1 amide bonds. The molecular weight excluding hydrogens is 552 g/mol. The number of amides is 1. The van der Waals surface area contributed by atoms with Crippen LogP contribution < -0.4 is 10.1 Å². The lowest BCUT2D eigenvalue weighted by molar-refractivity contribution is 0.0547. The van der Waals surface area contributed by atoms with Crippen LogP contribution in [-0.2, 0) is 24.4 Å². The molecule has 2 aliphatic rings. The van der Waals surface area contributed by atoms with Gasteiger partial charge in [0.05, 0.1) is 21.8 Å². The fraction of sp³-hybridized carbons (Fsp3) is 0.364. The molecule has 0 unspecified atom stereocenters. The molecule has 218 valence electrons. The second kappa shape index (κ2) is 11.4. The van der Waals surface area contributed by atoms with E-state index >= 15 is 0 Å². The molecule has 0 bridgehead atoms. The van der Waals surface area contributed by atoms with Crippen LogP contribution in [0.4, 0.5) is 4.79 Å². The monoisotopic (exact) mass is 586 g/mol. The first-order valence-electron chi connectivity index (χ1n) is 14.4. The summed E-state index contributed by atoms with van der Waals surface area (Å²) in [6.45, 7) is 9.11. The van der Waals surface area contributed by atoms with Gasteiger partial charge in [0.15, 0.2) is 0 Å². The van der Waals surface area contributed by atoms with Crippen LogP contribution in [0.15, 0.2) is 54.9 Å². The fourth-order valence-electron chi connectivity index (χ4n) is 5.76. The van der Waals surface area contributed by atoms with E-state index in [0.717, 1.165) is 30.6 Å². The topological polar surface area (TPSA) is 85.7 Å². The maximum Gasteiger partial charge on any atom is 0.419 e. The first-order chi connectivity index (χ1) is 20.2. The Balaban J connectivity index is 1.48. The zero-order valence-corrected chi connectivity index (χ0v) is 25.0. The van der Waals surface area contributed by atoms with E-state index in [1.807, 2.05) is 45.0 Å². The predicted molar refractivity (Wildman–Crippen MR) is 163 cm³/mol. The first kappa shape index (κ1) is 28.2. The van der Waals surface area contributed by atoms with Crippen LogP contribution in [-0.4, -0.2) is 45.1 Å². The SMILES string of the molecule is CC(C)(C)OC(=O)n1c(-c2cc(OCc3ccncc3)c(Cl)c3c2C(=O)NC3)cc2cc(CN3CCCCC3)ccc21. The Hall–Kier alpha value is -3.88. The second-order valence-corrected chi connectivity index (χ2v) is 12.4. The van der Waals surface area contributed by atoms with Crippen molar-refractivity contribution in [3.05, 3.63) is 82.1 Å². The van der Waals surface area contributed by atoms with E-state index in [1.54, 1.807) is 23.0 Å². The largest absolute Gasteiger partial charge is 0.487 e. The van der Waals surface area contributed by atoms with E-state index in [-0.39, 0.29) is 19.1 Å². The van der Waals surface area contributed by atoms with Gasteiger partial charge in [-0.15, -0.1) is 0 Å². The summed E-state index contributed by atoms with van der Waals surface area (Å²) >= 11 is 6.79. The van der Waals surface area contributed by atoms with E-state index in [4.69, 9.17) is 21.1 Å². The van der Waals surface area contributed by atoms with Crippen molar-refractivity contribution in [3.63, 3.8) is 0 Å². The van der Waals surface area contributed by atoms with Gasteiger partial charge in [0.2, 0.25) is 0 Å². The minimum Gasteiger partial charge on any atom is -0.487 e. The summed E-state index contributed by atoms with van der Waals surface area (Å²) in [6, 6.07) is 13.6. The number of benzene rings is 2. The normalized spacial score (nSPS) is 15.5. The molecule has 4 aromatic rings. The van der Waals surface area contributed by atoms with Crippen LogP contribution >= 0.6 is 11.6 Å². The average molecular weight is 587 g/mol. The van der Waals surface area contributed by atoms with Crippen molar-refractivity contribution < 1.29 is 19.1 Å². The molecule has 2 aromatic carbocycles. The Labute approximate surface area is 250 Å². The van der Waals surface area contributed by atoms with Gasteiger partial charge in [-0.3, -0.25) is 14.7 Å². The number of ether oxygens (including phenoxy) is 2. The third-order valence-corrected chi connectivity index (χ3v) is 8.11. The highest BCUT2D eigenvalue weighted by atomic mass is 35.5. The van der Waals surface area contributed by atoms with Gasteiger partial charge in [-0.1, -0.05) is 24.1 Å². The third-order valence-electron chi connectivity index (χ3n) is 7.70. The van der Waals surface area contributed by atoms with E-state index in [2.05, 4.69) is 27.3 Å². The standard InChI is InChI=1S/C33H35ClN4O4/c1-33(2,3)42-32(40)38-26-8-7-22(19-37-13-5-4-6-14-37)15-23(26)16-27(38)24-17-28(41-20-21-9-11-35-12-10-21)30(34)25-18-36-31(39)29(24)25/h7-12,15-17H,4-6,13-14,18-20H2,1-3H3,(H,36,39). The van der Waals surface area contributed by atoms with Gasteiger partial charge in [-0.05, 0) is 94.2 Å². The number of piperidine rings is 1. The summed E-state index contributed by atoms with van der Waals surface area (Å²) in [5, 5.41) is 4.17. The van der Waals surface area contributed by atoms with E-state index in [0.29, 0.717) is 38.7 Å². The Morgan fingerprint density at radius 1 is 1.02 bits per heavy atom. The van der Waals surface area contributed by atoms with Crippen molar-refractivity contribution in [2.75, 3.05) is 13.1 Å². The van der Waals surface area contributed by atoms with E-state index in [9.17, 15) is 9.59 Å². The minimum atomic E-state index is -0.711. The highest BCUT2D eigenvalue weighted by Gasteiger charge is 2.32. The number of hydrogen-bond donors (Lipinski definition) is 1. The number of rotatable bonds is 6. The quantitative estimate of drug-likeness (QED) is 0.263. The molecular formula is C33H35ClN4O4. The molecule has 0 radical (unpaired) electrons. The van der Waals surface area contributed by atoms with Crippen molar-refractivity contribution in [3.8, 4) is 17.0 Å². The lowest BCUT2D eigenvalue weighted by atomic mass is 9.99. The molecule has 8 nitrogen and oxygen atoms in total. The van der Waals surface area contributed by atoms with Gasteiger partial charge in [-0.2, -0.15) is 0 Å². The molecule has 0 aliphatic carbocycles.